The van der Waals surface area contributed by atoms with E-state index in [0.717, 1.165) is 33.3 Å². The fourth-order valence-electron chi connectivity index (χ4n) is 3.42. The van der Waals surface area contributed by atoms with Gasteiger partial charge in [0.2, 0.25) is 5.69 Å². The van der Waals surface area contributed by atoms with Crippen molar-refractivity contribution < 1.29 is 11.7 Å². The molecule has 0 saturated carbocycles. The van der Waals surface area contributed by atoms with Crippen molar-refractivity contribution >= 4 is 21.9 Å². The van der Waals surface area contributed by atoms with E-state index in [1.54, 1.807) is 6.07 Å². The molecule has 3 heteroatoms. The van der Waals surface area contributed by atoms with Crippen LogP contribution in [0.25, 0.3) is 33.2 Å². The quantitative estimate of drug-likeness (QED) is 0.467. The van der Waals surface area contributed by atoms with Gasteiger partial charge < -0.3 is 4.42 Å². The molecule has 0 fully saturated rings. The molecule has 0 N–H and O–H groups in total. The van der Waals surface area contributed by atoms with Crippen LogP contribution in [0.3, 0.4) is 0 Å². The minimum Gasteiger partial charge on any atom is -0.455 e. The summed E-state index contributed by atoms with van der Waals surface area (Å²) in [5, 5.41) is 11.2. The Morgan fingerprint density at radius 3 is 2.68 bits per heavy atom. The highest BCUT2D eigenvalue weighted by atomic mass is 16.3. The van der Waals surface area contributed by atoms with Gasteiger partial charge in [0.25, 0.3) is 0 Å². The van der Waals surface area contributed by atoms with Crippen LogP contribution in [0.15, 0.2) is 46.8 Å². The van der Waals surface area contributed by atoms with Crippen molar-refractivity contribution in [2.75, 3.05) is 0 Å². The molecule has 0 unspecified atom stereocenters. The lowest BCUT2D eigenvalue weighted by atomic mass is 9.98. The van der Waals surface area contributed by atoms with Crippen LogP contribution >= 0.6 is 0 Å². The lowest BCUT2D eigenvalue weighted by Gasteiger charge is -2.08. The van der Waals surface area contributed by atoms with E-state index in [1.807, 2.05) is 56.7 Å². The summed E-state index contributed by atoms with van der Waals surface area (Å²) < 4.78 is 25.0. The molecule has 3 nitrogen and oxygen atoms in total. The average Bonchev–Trinajstić information content (AvgIpc) is 3.05. The third-order valence-corrected chi connectivity index (χ3v) is 4.74. The number of aromatic nitrogens is 1. The molecule has 0 atom stereocenters. The molecule has 0 amide bonds. The number of furan rings is 1. The molecule has 0 radical (unpaired) electrons. The number of fused-ring (bicyclic) bond motifs is 3. The minimum absolute atomic E-state index is 0.324. The van der Waals surface area contributed by atoms with Crippen molar-refractivity contribution in [1.29, 1.82) is 5.26 Å². The first kappa shape index (κ1) is 13.2. The second-order valence-corrected chi connectivity index (χ2v) is 6.39. The highest BCUT2D eigenvalue weighted by Crippen LogP contribution is 2.38. The van der Waals surface area contributed by atoms with Gasteiger partial charge >= 0.3 is 0 Å². The zero-order chi connectivity index (χ0) is 19.5. The third kappa shape index (κ3) is 2.22. The number of hydrogen-bond acceptors (Lipinski definition) is 2. The fourth-order valence-corrected chi connectivity index (χ4v) is 3.42. The van der Waals surface area contributed by atoms with E-state index in [9.17, 15) is 5.26 Å². The first-order valence-electron chi connectivity index (χ1n) is 9.18. The van der Waals surface area contributed by atoms with Gasteiger partial charge in [0.15, 0.2) is 5.69 Å². The predicted octanol–water partition coefficient (Wildman–Crippen LogP) is 4.87. The number of pyridine rings is 1. The molecule has 122 valence electrons. The van der Waals surface area contributed by atoms with Crippen LogP contribution in [-0.2, 0) is 7.05 Å². The predicted molar refractivity (Wildman–Crippen MR) is 99.3 cm³/mol. The maximum Gasteiger partial charge on any atom is 0.216 e. The third-order valence-electron chi connectivity index (χ3n) is 4.74. The monoisotopic (exact) mass is 329 g/mol. The Labute approximate surface area is 149 Å². The van der Waals surface area contributed by atoms with E-state index in [1.165, 1.54) is 0 Å². The minimum atomic E-state index is 0.324. The van der Waals surface area contributed by atoms with Crippen molar-refractivity contribution in [2.45, 2.75) is 20.8 Å². The van der Waals surface area contributed by atoms with Crippen molar-refractivity contribution in [1.82, 2.24) is 0 Å². The molecule has 2 aromatic heterocycles. The number of nitriles is 1. The van der Waals surface area contributed by atoms with Crippen LogP contribution in [0.2, 0.25) is 0 Å². The van der Waals surface area contributed by atoms with Gasteiger partial charge in [-0.2, -0.15) is 9.83 Å². The molecule has 0 spiro atoms. The van der Waals surface area contributed by atoms with Crippen LogP contribution < -0.4 is 4.57 Å². The number of nitrogens with zero attached hydrogens (tertiary/aromatic N) is 2. The van der Waals surface area contributed by atoms with Crippen LogP contribution in [0.5, 0.6) is 0 Å². The van der Waals surface area contributed by atoms with Crippen molar-refractivity contribution in [3.05, 3.63) is 64.8 Å². The summed E-state index contributed by atoms with van der Waals surface area (Å²) in [5.41, 5.74) is 5.90. The Morgan fingerprint density at radius 2 is 1.92 bits per heavy atom. The second-order valence-electron chi connectivity index (χ2n) is 6.39. The largest absolute Gasteiger partial charge is 0.455 e. The number of hydrogen-bond donors (Lipinski definition) is 0. The highest BCUT2D eigenvalue weighted by Gasteiger charge is 2.22. The van der Waals surface area contributed by atoms with Gasteiger partial charge in [0.1, 0.15) is 18.2 Å². The molecule has 4 aromatic rings. The maximum atomic E-state index is 9.50. The molecule has 0 aliphatic heterocycles. The van der Waals surface area contributed by atoms with Crippen molar-refractivity contribution in [3.63, 3.8) is 0 Å². The Kier molecular flexibility index (Phi) is 2.88. The standard InChI is InChI=1S/C22H19N2O/c1-13-10-15(3)24(4)18(11-13)20-14(2)8-9-17-21-16(12-23)6-5-7-19(21)25-22(17)20/h5-11H,1-4H3/q+1/i10D,11D. The van der Waals surface area contributed by atoms with E-state index in [2.05, 4.69) is 6.07 Å². The molecule has 25 heavy (non-hydrogen) atoms. The molecule has 4 rings (SSSR count). The van der Waals surface area contributed by atoms with Gasteiger partial charge in [-0.15, -0.1) is 0 Å². The van der Waals surface area contributed by atoms with E-state index >= 15 is 0 Å². The lowest BCUT2D eigenvalue weighted by Crippen LogP contribution is -2.35. The molecular weight excluding hydrogens is 308 g/mol. The average molecular weight is 329 g/mol. The van der Waals surface area contributed by atoms with Crippen LogP contribution in [0.4, 0.5) is 0 Å². The Bertz CT molecular complexity index is 1270. The second kappa shape index (κ2) is 5.46. The van der Waals surface area contributed by atoms with E-state index in [-0.39, 0.29) is 0 Å². The molecule has 0 saturated heterocycles. The van der Waals surface area contributed by atoms with Crippen LogP contribution in [-0.4, -0.2) is 0 Å². The van der Waals surface area contributed by atoms with E-state index in [0.29, 0.717) is 34.4 Å². The van der Waals surface area contributed by atoms with E-state index < -0.39 is 0 Å². The molecule has 2 heterocycles. The number of rotatable bonds is 1. The Hall–Kier alpha value is -3.12. The number of aryl methyl sites for hydroxylation is 1. The lowest BCUT2D eigenvalue weighted by molar-refractivity contribution is -0.666. The first-order chi connectivity index (χ1) is 12.9. The van der Waals surface area contributed by atoms with Gasteiger partial charge in [-0.1, -0.05) is 18.2 Å². The Morgan fingerprint density at radius 1 is 1.12 bits per heavy atom. The zero-order valence-corrected chi connectivity index (χ0v) is 14.7. The molecule has 2 aromatic carbocycles. The van der Waals surface area contributed by atoms with Crippen LogP contribution in [0.1, 0.15) is 25.1 Å². The SMILES string of the molecule is [2H]c1c(C)c([2H])c(-c2c(C)ccc3c2oc2cccc(C#N)c23)[n+](C)c1C. The summed E-state index contributed by atoms with van der Waals surface area (Å²) in [6.45, 7) is 5.69. The van der Waals surface area contributed by atoms with Crippen LogP contribution in [0, 0.1) is 32.1 Å². The smallest absolute Gasteiger partial charge is 0.216 e. The maximum absolute atomic E-state index is 9.50. The van der Waals surface area contributed by atoms with Crippen molar-refractivity contribution in [3.8, 4) is 17.3 Å². The normalized spacial score (nSPS) is 12.3. The van der Waals surface area contributed by atoms with Gasteiger partial charge in [-0.3, -0.25) is 0 Å². The first-order valence-corrected chi connectivity index (χ1v) is 8.18. The zero-order valence-electron chi connectivity index (χ0n) is 16.7. The summed E-state index contributed by atoms with van der Waals surface area (Å²) in [7, 11) is 1.88. The fraction of sp³-hybridized carbons (Fsp3) is 0.182. The molecule has 0 bridgehead atoms. The summed E-state index contributed by atoms with van der Waals surface area (Å²) in [5.74, 6) is 0. The van der Waals surface area contributed by atoms with Crippen molar-refractivity contribution in [2.24, 2.45) is 7.05 Å². The number of benzene rings is 2. The van der Waals surface area contributed by atoms with Gasteiger partial charge in [0, 0.05) is 29.8 Å². The summed E-state index contributed by atoms with van der Waals surface area (Å²) in [6, 6.07) is 12.4. The molecular formula is C22H19N2O+. The van der Waals surface area contributed by atoms with Gasteiger partial charge in [0.05, 0.1) is 19.9 Å². The topological polar surface area (TPSA) is 40.8 Å². The summed E-state index contributed by atoms with van der Waals surface area (Å²) >= 11 is 0. The summed E-state index contributed by atoms with van der Waals surface area (Å²) in [4.78, 5) is 0. The highest BCUT2D eigenvalue weighted by molar-refractivity contribution is 6.11. The molecule has 0 aliphatic rings. The van der Waals surface area contributed by atoms with E-state index in [4.69, 9.17) is 7.16 Å². The van der Waals surface area contributed by atoms with Gasteiger partial charge in [-0.25, -0.2) is 0 Å². The Balaban J connectivity index is 2.23. The summed E-state index contributed by atoms with van der Waals surface area (Å²) in [6.07, 6.45) is 0. The van der Waals surface area contributed by atoms with Gasteiger partial charge in [-0.05, 0) is 37.1 Å². The molecule has 0 aliphatic carbocycles.